The lowest BCUT2D eigenvalue weighted by atomic mass is 10.3. The maximum absolute atomic E-state index is 12.3. The summed E-state index contributed by atoms with van der Waals surface area (Å²) in [5, 5.41) is 21.0. The number of amides is 1. The van der Waals surface area contributed by atoms with Gasteiger partial charge in [-0.15, -0.1) is 0 Å². The Bertz CT molecular complexity index is 995. The van der Waals surface area contributed by atoms with E-state index in [1.807, 2.05) is 17.9 Å². The zero-order chi connectivity index (χ0) is 19.7. The average molecular weight is 382 g/mol. The van der Waals surface area contributed by atoms with Gasteiger partial charge in [0.05, 0.1) is 23.6 Å². The maximum Gasteiger partial charge on any atom is 0.247 e. The molecule has 3 aromatic rings. The van der Waals surface area contributed by atoms with Crippen LogP contribution in [0.3, 0.4) is 0 Å². The number of carbonyl (C=O) groups is 1. The summed E-state index contributed by atoms with van der Waals surface area (Å²) in [5.41, 5.74) is 1.56. The number of anilines is 2. The number of hydrogen-bond acceptors (Lipinski definition) is 7. The van der Waals surface area contributed by atoms with Crippen LogP contribution in [-0.4, -0.2) is 59.7 Å². The minimum Gasteiger partial charge on any atom is -0.391 e. The van der Waals surface area contributed by atoms with Crippen molar-refractivity contribution >= 4 is 17.5 Å². The highest BCUT2D eigenvalue weighted by Gasteiger charge is 2.22. The molecule has 0 aliphatic carbocycles. The number of nitrogens with one attached hydrogen (secondary N) is 1. The summed E-state index contributed by atoms with van der Waals surface area (Å²) in [4.78, 5) is 23.2. The molecule has 28 heavy (non-hydrogen) atoms. The molecule has 4 rings (SSSR count). The summed E-state index contributed by atoms with van der Waals surface area (Å²) in [6.45, 7) is 3.28. The van der Waals surface area contributed by atoms with Crippen molar-refractivity contribution in [1.82, 2.24) is 29.5 Å². The number of aromatic nitrogens is 6. The number of aliphatic hydroxyl groups is 1. The van der Waals surface area contributed by atoms with Gasteiger partial charge in [0.2, 0.25) is 5.91 Å². The molecule has 1 atom stereocenters. The fraction of sp³-hybridized carbons (Fsp3) is 0.389. The normalized spacial score (nSPS) is 16.5. The minimum absolute atomic E-state index is 0.0717. The van der Waals surface area contributed by atoms with Crippen molar-refractivity contribution in [3.8, 4) is 11.4 Å². The molecule has 10 heteroatoms. The molecule has 0 radical (unpaired) electrons. The van der Waals surface area contributed by atoms with Crippen LogP contribution in [0.4, 0.5) is 11.6 Å². The van der Waals surface area contributed by atoms with Crippen molar-refractivity contribution in [3.05, 3.63) is 36.4 Å². The van der Waals surface area contributed by atoms with Crippen LogP contribution in [-0.2, 0) is 18.4 Å². The number of β-amino-alcohol motifs (C(OH)–C–C–N with tert-alkyl or cyclic N) is 1. The van der Waals surface area contributed by atoms with Crippen molar-refractivity contribution in [1.29, 1.82) is 0 Å². The molecule has 1 saturated heterocycles. The van der Waals surface area contributed by atoms with Gasteiger partial charge in [0.25, 0.3) is 0 Å². The number of aryl methyl sites for hydroxylation is 2. The molecule has 0 saturated carbocycles. The highest BCUT2D eigenvalue weighted by atomic mass is 16.3. The Labute approximate surface area is 161 Å². The van der Waals surface area contributed by atoms with E-state index in [2.05, 4.69) is 25.5 Å². The van der Waals surface area contributed by atoms with Crippen LogP contribution >= 0.6 is 0 Å². The lowest BCUT2D eigenvalue weighted by Gasteiger charge is -2.16. The molecule has 1 aliphatic heterocycles. The molecule has 146 valence electrons. The molecule has 2 N–H and O–H groups in total. The maximum atomic E-state index is 12.3. The van der Waals surface area contributed by atoms with Gasteiger partial charge in [-0.2, -0.15) is 10.2 Å². The van der Waals surface area contributed by atoms with Gasteiger partial charge in [0.1, 0.15) is 18.2 Å². The van der Waals surface area contributed by atoms with E-state index in [4.69, 9.17) is 0 Å². The monoisotopic (exact) mass is 382 g/mol. The molecule has 1 unspecified atom stereocenters. The Morgan fingerprint density at radius 1 is 1.43 bits per heavy atom. The molecular weight excluding hydrogens is 360 g/mol. The van der Waals surface area contributed by atoms with E-state index in [-0.39, 0.29) is 18.6 Å². The van der Waals surface area contributed by atoms with E-state index in [0.717, 1.165) is 30.0 Å². The number of carbonyl (C=O) groups excluding carboxylic acids is 1. The van der Waals surface area contributed by atoms with Gasteiger partial charge in [0, 0.05) is 38.6 Å². The van der Waals surface area contributed by atoms with Gasteiger partial charge in [0.15, 0.2) is 5.82 Å². The number of nitrogens with zero attached hydrogens (tertiary/aromatic N) is 7. The molecule has 0 bridgehead atoms. The summed E-state index contributed by atoms with van der Waals surface area (Å²) < 4.78 is 3.17. The highest BCUT2D eigenvalue weighted by Crippen LogP contribution is 2.21. The van der Waals surface area contributed by atoms with Crippen LogP contribution in [0, 0.1) is 6.92 Å². The molecule has 1 aliphatic rings. The molecule has 1 amide bonds. The van der Waals surface area contributed by atoms with E-state index in [0.29, 0.717) is 18.2 Å². The van der Waals surface area contributed by atoms with Crippen molar-refractivity contribution in [2.45, 2.75) is 26.0 Å². The molecular formula is C18H22N8O2. The second-order valence-electron chi connectivity index (χ2n) is 6.90. The predicted molar refractivity (Wildman–Crippen MR) is 103 cm³/mol. The Hall–Kier alpha value is -3.27. The van der Waals surface area contributed by atoms with Gasteiger partial charge >= 0.3 is 0 Å². The van der Waals surface area contributed by atoms with Crippen LogP contribution in [0.2, 0.25) is 0 Å². The first-order valence-electron chi connectivity index (χ1n) is 9.07. The summed E-state index contributed by atoms with van der Waals surface area (Å²) >= 11 is 0. The van der Waals surface area contributed by atoms with Gasteiger partial charge in [-0.25, -0.2) is 9.97 Å². The average Bonchev–Trinajstić information content (AvgIpc) is 3.37. The van der Waals surface area contributed by atoms with Crippen LogP contribution in [0.5, 0.6) is 0 Å². The van der Waals surface area contributed by atoms with E-state index in [9.17, 15) is 9.90 Å². The van der Waals surface area contributed by atoms with E-state index >= 15 is 0 Å². The molecule has 1 fully saturated rings. The lowest BCUT2D eigenvalue weighted by Crippen LogP contribution is -2.22. The highest BCUT2D eigenvalue weighted by molar-refractivity contribution is 5.89. The van der Waals surface area contributed by atoms with E-state index in [1.54, 1.807) is 41.1 Å². The van der Waals surface area contributed by atoms with Crippen molar-refractivity contribution < 1.29 is 9.90 Å². The van der Waals surface area contributed by atoms with E-state index < -0.39 is 0 Å². The van der Waals surface area contributed by atoms with Crippen molar-refractivity contribution in [2.75, 3.05) is 23.3 Å². The third-order valence-corrected chi connectivity index (χ3v) is 4.59. The molecule has 3 aromatic heterocycles. The zero-order valence-electron chi connectivity index (χ0n) is 15.8. The van der Waals surface area contributed by atoms with Gasteiger partial charge in [-0.05, 0) is 19.4 Å². The first kappa shape index (κ1) is 18.1. The Kier molecular flexibility index (Phi) is 4.78. The van der Waals surface area contributed by atoms with Gasteiger partial charge < -0.3 is 15.3 Å². The van der Waals surface area contributed by atoms with Gasteiger partial charge in [-0.1, -0.05) is 0 Å². The largest absolute Gasteiger partial charge is 0.391 e. The topological polar surface area (TPSA) is 114 Å². The molecule has 10 nitrogen and oxygen atoms in total. The number of rotatable bonds is 5. The smallest absolute Gasteiger partial charge is 0.247 e. The van der Waals surface area contributed by atoms with Crippen molar-refractivity contribution in [3.63, 3.8) is 0 Å². The fourth-order valence-electron chi connectivity index (χ4n) is 3.24. The SMILES string of the molecule is Cc1cc(NC(=O)Cn2cc(-c3nccc(N4CCC(O)C4)n3)cn2)n(C)n1. The predicted octanol–water partition coefficient (Wildman–Crippen LogP) is 0.592. The van der Waals surface area contributed by atoms with Crippen molar-refractivity contribution in [2.24, 2.45) is 7.05 Å². The van der Waals surface area contributed by atoms with Crippen LogP contribution < -0.4 is 10.2 Å². The first-order chi connectivity index (χ1) is 13.5. The molecule has 0 aromatic carbocycles. The van der Waals surface area contributed by atoms with Crippen LogP contribution in [0.1, 0.15) is 12.1 Å². The van der Waals surface area contributed by atoms with Gasteiger partial charge in [-0.3, -0.25) is 14.2 Å². The number of aliphatic hydroxyl groups excluding tert-OH is 1. The summed E-state index contributed by atoms with van der Waals surface area (Å²) in [7, 11) is 1.78. The quantitative estimate of drug-likeness (QED) is 0.664. The summed E-state index contributed by atoms with van der Waals surface area (Å²) in [6.07, 6.45) is 5.49. The van der Waals surface area contributed by atoms with Crippen LogP contribution in [0.25, 0.3) is 11.4 Å². The minimum atomic E-state index is -0.317. The zero-order valence-corrected chi connectivity index (χ0v) is 15.8. The standard InChI is InChI=1S/C18H22N8O2/c1-12-7-16(24(2)23-12)21-17(28)11-26-9-13(8-20-26)18-19-5-3-15(22-18)25-6-4-14(27)10-25/h3,5,7-9,14,27H,4,6,10-11H2,1-2H3,(H,21,28). The van der Waals surface area contributed by atoms with E-state index in [1.165, 1.54) is 0 Å². The molecule has 4 heterocycles. The second kappa shape index (κ2) is 7.39. The summed E-state index contributed by atoms with van der Waals surface area (Å²) in [5.74, 6) is 1.75. The molecule has 0 spiro atoms. The Morgan fingerprint density at radius 2 is 2.29 bits per heavy atom. The summed E-state index contributed by atoms with van der Waals surface area (Å²) in [6, 6.07) is 3.64. The number of hydrogen-bond donors (Lipinski definition) is 2. The third-order valence-electron chi connectivity index (χ3n) is 4.59. The van der Waals surface area contributed by atoms with Crippen LogP contribution in [0.15, 0.2) is 30.7 Å². The first-order valence-corrected chi connectivity index (χ1v) is 9.07. The fourth-order valence-corrected chi connectivity index (χ4v) is 3.24. The Balaban J connectivity index is 1.44. The lowest BCUT2D eigenvalue weighted by molar-refractivity contribution is -0.116. The Morgan fingerprint density at radius 3 is 3.00 bits per heavy atom. The second-order valence-corrected chi connectivity index (χ2v) is 6.90. The third kappa shape index (κ3) is 3.86.